The number of nitrogen functional groups attached to an aromatic ring is 1. The lowest BCUT2D eigenvalue weighted by Gasteiger charge is -2.09. The summed E-state index contributed by atoms with van der Waals surface area (Å²) in [7, 11) is 1.24. The van der Waals surface area contributed by atoms with Crippen molar-refractivity contribution in [2.75, 3.05) is 19.5 Å². The quantitative estimate of drug-likeness (QED) is 0.373. The Bertz CT molecular complexity index is 473. The van der Waals surface area contributed by atoms with Gasteiger partial charge >= 0.3 is 12.1 Å². The van der Waals surface area contributed by atoms with Gasteiger partial charge in [0.15, 0.2) is 5.75 Å². The number of unbranched alkanes of at least 4 members (excludes halogenated alkanes) is 2. The number of hydrogen-bond donors (Lipinski definition) is 1. The maximum Gasteiger partial charge on any atom is 0.513 e. The van der Waals surface area contributed by atoms with Crippen molar-refractivity contribution in [2.24, 2.45) is 0 Å². The zero-order chi connectivity index (χ0) is 15.0. The first-order chi connectivity index (χ1) is 9.58. The van der Waals surface area contributed by atoms with E-state index in [0.29, 0.717) is 5.69 Å². The summed E-state index contributed by atoms with van der Waals surface area (Å²) in [6, 6.07) is 4.33. The van der Waals surface area contributed by atoms with Crippen molar-refractivity contribution in [1.29, 1.82) is 0 Å². The maximum absolute atomic E-state index is 11.5. The van der Waals surface area contributed by atoms with Crippen LogP contribution in [-0.4, -0.2) is 25.8 Å². The highest BCUT2D eigenvalue weighted by atomic mass is 16.7. The molecule has 0 unspecified atom stereocenters. The zero-order valence-corrected chi connectivity index (χ0v) is 11.7. The number of esters is 1. The zero-order valence-electron chi connectivity index (χ0n) is 11.7. The van der Waals surface area contributed by atoms with Gasteiger partial charge in [0, 0.05) is 11.8 Å². The fraction of sp³-hybridized carbons (Fsp3) is 0.429. The van der Waals surface area contributed by atoms with Crippen LogP contribution in [0.25, 0.3) is 0 Å². The lowest BCUT2D eigenvalue weighted by Crippen LogP contribution is -2.14. The number of methoxy groups -OCH3 is 1. The van der Waals surface area contributed by atoms with Crippen LogP contribution in [0, 0.1) is 0 Å². The molecule has 0 atom stereocenters. The average Bonchev–Trinajstić information content (AvgIpc) is 2.43. The molecule has 0 bridgehead atoms. The lowest BCUT2D eigenvalue weighted by molar-refractivity contribution is 0.0594. The Morgan fingerprint density at radius 2 is 2.00 bits per heavy atom. The van der Waals surface area contributed by atoms with Gasteiger partial charge in [0.05, 0.1) is 13.7 Å². The van der Waals surface area contributed by atoms with Gasteiger partial charge in [0.2, 0.25) is 0 Å². The van der Waals surface area contributed by atoms with Crippen molar-refractivity contribution in [3.8, 4) is 5.75 Å². The Morgan fingerprint density at radius 3 is 2.65 bits per heavy atom. The van der Waals surface area contributed by atoms with Crippen molar-refractivity contribution in [1.82, 2.24) is 0 Å². The van der Waals surface area contributed by atoms with E-state index in [9.17, 15) is 9.59 Å². The van der Waals surface area contributed by atoms with Crippen LogP contribution >= 0.6 is 0 Å². The third-order valence-electron chi connectivity index (χ3n) is 2.57. The fourth-order valence-electron chi connectivity index (χ4n) is 1.53. The van der Waals surface area contributed by atoms with Crippen molar-refractivity contribution in [2.45, 2.75) is 26.2 Å². The number of rotatable bonds is 6. The highest BCUT2D eigenvalue weighted by Gasteiger charge is 2.17. The van der Waals surface area contributed by atoms with Gasteiger partial charge in [0.25, 0.3) is 0 Å². The van der Waals surface area contributed by atoms with Crippen LogP contribution in [-0.2, 0) is 9.47 Å². The number of anilines is 1. The van der Waals surface area contributed by atoms with E-state index in [-0.39, 0.29) is 17.9 Å². The molecule has 0 aliphatic rings. The Labute approximate surface area is 117 Å². The largest absolute Gasteiger partial charge is 0.513 e. The first kappa shape index (κ1) is 15.8. The number of ether oxygens (including phenoxy) is 3. The topological polar surface area (TPSA) is 87.9 Å². The van der Waals surface area contributed by atoms with E-state index in [1.165, 1.54) is 25.3 Å². The second-order valence-corrected chi connectivity index (χ2v) is 4.15. The van der Waals surface area contributed by atoms with Crippen molar-refractivity contribution >= 4 is 17.8 Å². The molecule has 6 nitrogen and oxygen atoms in total. The van der Waals surface area contributed by atoms with Crippen LogP contribution < -0.4 is 10.5 Å². The first-order valence-electron chi connectivity index (χ1n) is 6.41. The molecule has 0 saturated carbocycles. The number of carbonyl (C=O) groups is 2. The number of carbonyl (C=O) groups excluding carboxylic acids is 2. The third-order valence-corrected chi connectivity index (χ3v) is 2.57. The molecule has 0 amide bonds. The summed E-state index contributed by atoms with van der Waals surface area (Å²) in [6.07, 6.45) is 1.91. The van der Waals surface area contributed by atoms with Crippen molar-refractivity contribution in [3.63, 3.8) is 0 Å². The van der Waals surface area contributed by atoms with Gasteiger partial charge in [-0.25, -0.2) is 9.59 Å². The minimum atomic E-state index is -0.864. The molecule has 0 fully saturated rings. The summed E-state index contributed by atoms with van der Waals surface area (Å²) >= 11 is 0. The second-order valence-electron chi connectivity index (χ2n) is 4.15. The minimum Gasteiger partial charge on any atom is -0.465 e. The molecule has 0 aliphatic carbocycles. The molecular weight excluding hydrogens is 262 g/mol. The molecule has 0 aromatic heterocycles. The summed E-state index contributed by atoms with van der Waals surface area (Å²) in [5.74, 6) is -0.587. The Hall–Kier alpha value is -2.24. The summed E-state index contributed by atoms with van der Waals surface area (Å²) in [6.45, 7) is 2.33. The Kier molecular flexibility index (Phi) is 6.36. The lowest BCUT2D eigenvalue weighted by atomic mass is 10.2. The van der Waals surface area contributed by atoms with E-state index in [2.05, 4.69) is 4.74 Å². The molecule has 1 aromatic rings. The van der Waals surface area contributed by atoms with Crippen LogP contribution in [0.5, 0.6) is 5.75 Å². The van der Waals surface area contributed by atoms with Gasteiger partial charge < -0.3 is 19.9 Å². The summed E-state index contributed by atoms with van der Waals surface area (Å²) in [4.78, 5) is 23.0. The molecule has 0 radical (unpaired) electrons. The summed E-state index contributed by atoms with van der Waals surface area (Å²) in [5.41, 5.74) is 6.09. The van der Waals surface area contributed by atoms with E-state index in [1.807, 2.05) is 6.92 Å². The maximum atomic E-state index is 11.5. The smallest absolute Gasteiger partial charge is 0.465 e. The predicted octanol–water partition coefficient (Wildman–Crippen LogP) is 2.76. The van der Waals surface area contributed by atoms with Crippen molar-refractivity contribution < 1.29 is 23.8 Å². The first-order valence-corrected chi connectivity index (χ1v) is 6.41. The van der Waals surface area contributed by atoms with Crippen LogP contribution in [0.1, 0.15) is 36.5 Å². The summed E-state index contributed by atoms with van der Waals surface area (Å²) in [5, 5.41) is 0. The predicted molar refractivity (Wildman–Crippen MR) is 73.7 cm³/mol. The molecule has 0 heterocycles. The molecule has 0 aliphatic heterocycles. The number of benzene rings is 1. The van der Waals surface area contributed by atoms with Gasteiger partial charge in [-0.05, 0) is 18.6 Å². The molecule has 1 aromatic carbocycles. The Morgan fingerprint density at radius 1 is 1.25 bits per heavy atom. The van der Waals surface area contributed by atoms with Gasteiger partial charge in [0.1, 0.15) is 5.56 Å². The number of nitrogens with two attached hydrogens (primary N) is 1. The molecule has 2 N–H and O–H groups in total. The number of hydrogen-bond acceptors (Lipinski definition) is 6. The second kappa shape index (κ2) is 8.04. The molecular formula is C14H19NO5. The third kappa shape index (κ3) is 4.79. The van der Waals surface area contributed by atoms with Crippen molar-refractivity contribution in [3.05, 3.63) is 23.8 Å². The standard InChI is InChI=1S/C14H19NO5/c1-3-4-5-8-19-14(17)20-12-9-10(15)6-7-11(12)13(16)18-2/h6-7,9H,3-5,8,15H2,1-2H3. The van der Waals surface area contributed by atoms with Gasteiger partial charge in [-0.3, -0.25) is 0 Å². The molecule has 110 valence electrons. The van der Waals surface area contributed by atoms with E-state index in [0.717, 1.165) is 19.3 Å². The normalized spacial score (nSPS) is 9.90. The average molecular weight is 281 g/mol. The van der Waals surface area contributed by atoms with Crippen LogP contribution in [0.3, 0.4) is 0 Å². The van der Waals surface area contributed by atoms with E-state index >= 15 is 0 Å². The highest BCUT2D eigenvalue weighted by Crippen LogP contribution is 2.23. The van der Waals surface area contributed by atoms with Crippen LogP contribution in [0.4, 0.5) is 10.5 Å². The summed E-state index contributed by atoms with van der Waals surface area (Å²) < 4.78 is 14.5. The molecule has 6 heteroatoms. The van der Waals surface area contributed by atoms with E-state index < -0.39 is 12.1 Å². The van der Waals surface area contributed by atoms with E-state index in [4.69, 9.17) is 15.2 Å². The SMILES string of the molecule is CCCCCOC(=O)Oc1cc(N)ccc1C(=O)OC. The molecule has 0 saturated heterocycles. The van der Waals surface area contributed by atoms with Gasteiger partial charge in [-0.15, -0.1) is 0 Å². The van der Waals surface area contributed by atoms with Gasteiger partial charge in [-0.1, -0.05) is 19.8 Å². The Balaban J connectivity index is 2.68. The fourth-order valence-corrected chi connectivity index (χ4v) is 1.53. The minimum absolute atomic E-state index is 0.0253. The van der Waals surface area contributed by atoms with Crippen LogP contribution in [0.15, 0.2) is 18.2 Å². The molecule has 0 spiro atoms. The van der Waals surface area contributed by atoms with E-state index in [1.54, 1.807) is 0 Å². The molecule has 1 rings (SSSR count). The molecule has 20 heavy (non-hydrogen) atoms. The monoisotopic (exact) mass is 281 g/mol. The van der Waals surface area contributed by atoms with Gasteiger partial charge in [-0.2, -0.15) is 0 Å². The van der Waals surface area contributed by atoms with Crippen LogP contribution in [0.2, 0.25) is 0 Å². The highest BCUT2D eigenvalue weighted by molar-refractivity contribution is 5.93.